The van der Waals surface area contributed by atoms with Crippen molar-refractivity contribution in [2.24, 2.45) is 0 Å². The van der Waals surface area contributed by atoms with Crippen LogP contribution in [0.15, 0.2) is 53.6 Å². The van der Waals surface area contributed by atoms with Crippen LogP contribution < -0.4 is 5.56 Å². The van der Waals surface area contributed by atoms with E-state index in [1.165, 1.54) is 41.2 Å². The molecule has 0 aliphatic carbocycles. The van der Waals surface area contributed by atoms with Gasteiger partial charge < -0.3 is 0 Å². The first-order valence-corrected chi connectivity index (χ1v) is 6.52. The van der Waals surface area contributed by atoms with Gasteiger partial charge in [0.25, 0.3) is 5.56 Å². The minimum atomic E-state index is -0.468. The van der Waals surface area contributed by atoms with Crippen molar-refractivity contribution in [3.05, 3.63) is 76.3 Å². The average molecular weight is 286 g/mol. The molecule has 106 valence electrons. The van der Waals surface area contributed by atoms with Gasteiger partial charge in [0.05, 0.1) is 17.2 Å². The zero-order valence-corrected chi connectivity index (χ0v) is 11.1. The molecule has 0 aliphatic rings. The highest BCUT2D eigenvalue weighted by atomic mass is 19.1. The summed E-state index contributed by atoms with van der Waals surface area (Å²) >= 11 is 0. The fraction of sp³-hybridized carbons (Fsp3) is 0.125. The van der Waals surface area contributed by atoms with Crippen molar-refractivity contribution < 1.29 is 8.78 Å². The lowest BCUT2D eigenvalue weighted by molar-refractivity contribution is 0.618. The summed E-state index contributed by atoms with van der Waals surface area (Å²) in [6.45, 7) is 0.363. The molecule has 0 N–H and O–H groups in total. The van der Waals surface area contributed by atoms with Crippen LogP contribution in [0.1, 0.15) is 5.56 Å². The number of benzene rings is 2. The Hall–Kier alpha value is -2.56. The van der Waals surface area contributed by atoms with E-state index in [9.17, 15) is 13.6 Å². The third-order valence-corrected chi connectivity index (χ3v) is 3.32. The molecule has 3 aromatic rings. The molecule has 5 heteroatoms. The van der Waals surface area contributed by atoms with Crippen LogP contribution in [0, 0.1) is 11.6 Å². The lowest BCUT2D eigenvalue weighted by Gasteiger charge is -2.07. The summed E-state index contributed by atoms with van der Waals surface area (Å²) < 4.78 is 27.7. The predicted molar refractivity (Wildman–Crippen MR) is 76.1 cm³/mol. The minimum absolute atomic E-state index is 0.247. The third kappa shape index (κ3) is 2.81. The normalized spacial score (nSPS) is 11.0. The van der Waals surface area contributed by atoms with Crippen LogP contribution in [0.2, 0.25) is 0 Å². The average Bonchev–Trinajstić information content (AvgIpc) is 2.47. The van der Waals surface area contributed by atoms with Crippen LogP contribution in [0.5, 0.6) is 0 Å². The Bertz CT molecular complexity index is 858. The second-order valence-corrected chi connectivity index (χ2v) is 4.78. The van der Waals surface area contributed by atoms with Gasteiger partial charge in [-0.2, -0.15) is 0 Å². The maximum Gasteiger partial charge on any atom is 0.261 e. The molecule has 0 aliphatic heterocycles. The Morgan fingerprint density at radius 1 is 1.05 bits per heavy atom. The van der Waals surface area contributed by atoms with Gasteiger partial charge in [-0.3, -0.25) is 9.36 Å². The van der Waals surface area contributed by atoms with E-state index in [-0.39, 0.29) is 16.8 Å². The second kappa shape index (κ2) is 5.44. The molecule has 0 bridgehead atoms. The number of aromatic nitrogens is 2. The predicted octanol–water partition coefficient (Wildman–Crippen LogP) is 2.92. The van der Waals surface area contributed by atoms with Crippen molar-refractivity contribution in [1.29, 1.82) is 0 Å². The van der Waals surface area contributed by atoms with Gasteiger partial charge in [-0.15, -0.1) is 0 Å². The summed E-state index contributed by atoms with van der Waals surface area (Å²) in [7, 11) is 0. The van der Waals surface area contributed by atoms with Crippen molar-refractivity contribution in [3.8, 4) is 0 Å². The molecule has 3 nitrogen and oxygen atoms in total. The number of hydrogen-bond acceptors (Lipinski definition) is 2. The summed E-state index contributed by atoms with van der Waals surface area (Å²) in [4.78, 5) is 16.4. The fourth-order valence-corrected chi connectivity index (χ4v) is 2.23. The molecule has 1 aromatic heterocycles. The van der Waals surface area contributed by atoms with E-state index in [4.69, 9.17) is 0 Å². The van der Waals surface area contributed by atoms with Gasteiger partial charge >= 0.3 is 0 Å². The molecular formula is C16H12F2N2O. The van der Waals surface area contributed by atoms with E-state index >= 15 is 0 Å². The summed E-state index contributed by atoms with van der Waals surface area (Å²) in [5.74, 6) is -0.775. The van der Waals surface area contributed by atoms with E-state index < -0.39 is 5.82 Å². The third-order valence-electron chi connectivity index (χ3n) is 3.32. The van der Waals surface area contributed by atoms with Crippen molar-refractivity contribution in [2.75, 3.05) is 0 Å². The van der Waals surface area contributed by atoms with Crippen LogP contribution in [0.25, 0.3) is 10.9 Å². The number of hydrogen-bond donors (Lipinski definition) is 0. The monoisotopic (exact) mass is 286 g/mol. The van der Waals surface area contributed by atoms with Crippen molar-refractivity contribution >= 4 is 10.9 Å². The molecule has 0 spiro atoms. The Kier molecular flexibility index (Phi) is 3.48. The van der Waals surface area contributed by atoms with Crippen molar-refractivity contribution in [3.63, 3.8) is 0 Å². The van der Waals surface area contributed by atoms with Crippen LogP contribution in [-0.4, -0.2) is 9.55 Å². The van der Waals surface area contributed by atoms with Crippen LogP contribution >= 0.6 is 0 Å². The highest BCUT2D eigenvalue weighted by molar-refractivity contribution is 5.77. The quantitative estimate of drug-likeness (QED) is 0.742. The van der Waals surface area contributed by atoms with Gasteiger partial charge in [0.1, 0.15) is 11.6 Å². The summed E-state index contributed by atoms with van der Waals surface area (Å²) in [5.41, 5.74) is 0.959. The topological polar surface area (TPSA) is 34.9 Å². The standard InChI is InChI=1S/C16H12F2N2O/c17-12-3-1-2-11(8-12)6-7-20-10-19-15-5-4-13(18)9-14(15)16(20)21/h1-5,8-10H,6-7H2. The Morgan fingerprint density at radius 2 is 1.86 bits per heavy atom. The maximum absolute atomic E-state index is 13.2. The zero-order chi connectivity index (χ0) is 14.8. The molecule has 2 aromatic carbocycles. The number of rotatable bonds is 3. The van der Waals surface area contributed by atoms with Crippen LogP contribution in [-0.2, 0) is 13.0 Å². The number of nitrogens with zero attached hydrogens (tertiary/aromatic N) is 2. The summed E-state index contributed by atoms with van der Waals surface area (Å²) in [6, 6.07) is 10.1. The highest BCUT2D eigenvalue weighted by Crippen LogP contribution is 2.09. The molecule has 0 amide bonds. The first kappa shape index (κ1) is 13.4. The molecule has 0 atom stereocenters. The molecule has 1 heterocycles. The molecule has 3 rings (SSSR count). The molecule has 0 saturated carbocycles. The number of aryl methyl sites for hydroxylation is 2. The van der Waals surface area contributed by atoms with Gasteiger partial charge in [-0.05, 0) is 42.3 Å². The van der Waals surface area contributed by atoms with Crippen LogP contribution in [0.3, 0.4) is 0 Å². The smallest absolute Gasteiger partial charge is 0.261 e. The van der Waals surface area contributed by atoms with E-state index in [2.05, 4.69) is 4.98 Å². The van der Waals surface area contributed by atoms with Crippen LogP contribution in [0.4, 0.5) is 8.78 Å². The van der Waals surface area contributed by atoms with Gasteiger partial charge in [0.2, 0.25) is 0 Å². The van der Waals surface area contributed by atoms with Gasteiger partial charge in [0, 0.05) is 6.54 Å². The van der Waals surface area contributed by atoms with E-state index in [1.807, 2.05) is 0 Å². The summed E-state index contributed by atoms with van der Waals surface area (Å²) in [5, 5.41) is 0.247. The van der Waals surface area contributed by atoms with Crippen molar-refractivity contribution in [2.45, 2.75) is 13.0 Å². The first-order chi connectivity index (χ1) is 10.1. The molecule has 0 saturated heterocycles. The van der Waals surface area contributed by atoms with Gasteiger partial charge in [-0.1, -0.05) is 12.1 Å². The molecular weight excluding hydrogens is 274 g/mol. The van der Waals surface area contributed by atoms with Crippen molar-refractivity contribution in [1.82, 2.24) is 9.55 Å². The maximum atomic E-state index is 13.2. The van der Waals surface area contributed by atoms with Gasteiger partial charge in [-0.25, -0.2) is 13.8 Å². The van der Waals surface area contributed by atoms with Gasteiger partial charge in [0.15, 0.2) is 0 Å². The molecule has 0 unspecified atom stereocenters. The summed E-state index contributed by atoms with van der Waals surface area (Å²) in [6.07, 6.45) is 1.93. The Morgan fingerprint density at radius 3 is 2.67 bits per heavy atom. The lowest BCUT2D eigenvalue weighted by atomic mass is 10.1. The largest absolute Gasteiger partial charge is 0.298 e. The highest BCUT2D eigenvalue weighted by Gasteiger charge is 2.05. The minimum Gasteiger partial charge on any atom is -0.298 e. The van der Waals surface area contributed by atoms with E-state index in [1.54, 1.807) is 12.1 Å². The molecule has 0 fully saturated rings. The number of halogens is 2. The molecule has 21 heavy (non-hydrogen) atoms. The van der Waals surface area contributed by atoms with E-state index in [0.717, 1.165) is 5.56 Å². The Balaban J connectivity index is 1.91. The SMILES string of the molecule is O=c1c2cc(F)ccc2ncn1CCc1cccc(F)c1. The molecule has 0 radical (unpaired) electrons. The van der Waals surface area contributed by atoms with E-state index in [0.29, 0.717) is 18.5 Å². The zero-order valence-electron chi connectivity index (χ0n) is 11.1. The number of fused-ring (bicyclic) bond motifs is 1. The second-order valence-electron chi connectivity index (χ2n) is 4.78. The fourth-order valence-electron chi connectivity index (χ4n) is 2.23. The Labute approximate surface area is 119 Å². The lowest BCUT2D eigenvalue weighted by Crippen LogP contribution is -2.21. The first-order valence-electron chi connectivity index (χ1n) is 6.52.